The van der Waals surface area contributed by atoms with Gasteiger partial charge in [0.2, 0.25) is 5.91 Å². The van der Waals surface area contributed by atoms with E-state index >= 15 is 0 Å². The second-order valence-corrected chi connectivity index (χ2v) is 7.74. The summed E-state index contributed by atoms with van der Waals surface area (Å²) in [6.07, 6.45) is 11.1. The van der Waals surface area contributed by atoms with Crippen LogP contribution in [0.4, 0.5) is 0 Å². The van der Waals surface area contributed by atoms with Gasteiger partial charge in [-0.2, -0.15) is 0 Å². The number of carbonyl (C=O) groups is 1. The predicted octanol–water partition coefficient (Wildman–Crippen LogP) is 2.16. The van der Waals surface area contributed by atoms with Gasteiger partial charge < -0.3 is 9.88 Å². The molecule has 144 valence electrons. The lowest BCUT2D eigenvalue weighted by atomic mass is 10.1. The van der Waals surface area contributed by atoms with Gasteiger partial charge in [-0.15, -0.1) is 0 Å². The minimum atomic E-state index is -0.0341. The highest BCUT2D eigenvalue weighted by Crippen LogP contribution is 2.33. The average Bonchev–Trinajstić information content (AvgIpc) is 3.31. The van der Waals surface area contributed by atoms with Crippen molar-refractivity contribution in [2.75, 3.05) is 6.54 Å². The first-order valence-electron chi connectivity index (χ1n) is 9.96. The molecule has 1 amide bonds. The van der Waals surface area contributed by atoms with Gasteiger partial charge in [0.15, 0.2) is 0 Å². The Morgan fingerprint density at radius 1 is 1.19 bits per heavy atom. The molecule has 1 saturated carbocycles. The summed E-state index contributed by atoms with van der Waals surface area (Å²) in [6, 6.07) is 1.02. The SMILES string of the molecule is Cc1cnc(CNC(=O)Cc2cn3c(n2)[C@@H](C)N(C2CCCC2)CC3)cn1. The van der Waals surface area contributed by atoms with Gasteiger partial charge >= 0.3 is 0 Å². The molecule has 0 radical (unpaired) electrons. The first kappa shape index (κ1) is 18.1. The molecule has 2 aromatic rings. The van der Waals surface area contributed by atoms with E-state index in [1.54, 1.807) is 12.4 Å². The standard InChI is InChI=1S/C20H28N6O/c1-14-10-22-17(11-21-14)12-23-19(27)9-16-13-25-7-8-26(15(2)20(25)24-16)18-5-3-4-6-18/h10-11,13,15,18H,3-9,12H2,1-2H3,(H,23,27)/t15-/m1/s1. The molecule has 2 aromatic heterocycles. The second kappa shape index (κ2) is 7.76. The highest BCUT2D eigenvalue weighted by molar-refractivity contribution is 5.78. The molecule has 0 spiro atoms. The summed E-state index contributed by atoms with van der Waals surface area (Å²) >= 11 is 0. The van der Waals surface area contributed by atoms with Crippen LogP contribution >= 0.6 is 0 Å². The molecule has 0 aromatic carbocycles. The lowest BCUT2D eigenvalue weighted by Gasteiger charge is -2.38. The van der Waals surface area contributed by atoms with Crippen LogP contribution in [0.5, 0.6) is 0 Å². The zero-order valence-corrected chi connectivity index (χ0v) is 16.2. The van der Waals surface area contributed by atoms with Crippen molar-refractivity contribution in [3.63, 3.8) is 0 Å². The number of aromatic nitrogens is 4. The minimum absolute atomic E-state index is 0.0341. The number of aryl methyl sites for hydroxylation is 1. The third kappa shape index (κ3) is 4.03. The molecule has 1 fully saturated rings. The Bertz CT molecular complexity index is 793. The average molecular weight is 368 g/mol. The maximum absolute atomic E-state index is 12.3. The molecular weight excluding hydrogens is 340 g/mol. The van der Waals surface area contributed by atoms with E-state index in [1.807, 2.05) is 13.1 Å². The molecule has 1 aliphatic heterocycles. The Morgan fingerprint density at radius 2 is 2.00 bits per heavy atom. The highest BCUT2D eigenvalue weighted by Gasteiger charge is 2.32. The van der Waals surface area contributed by atoms with Crippen molar-refractivity contribution < 1.29 is 4.79 Å². The summed E-state index contributed by atoms with van der Waals surface area (Å²) in [7, 11) is 0. The zero-order valence-electron chi connectivity index (χ0n) is 16.2. The van der Waals surface area contributed by atoms with E-state index in [1.165, 1.54) is 25.7 Å². The molecule has 3 heterocycles. The van der Waals surface area contributed by atoms with E-state index < -0.39 is 0 Å². The Morgan fingerprint density at radius 3 is 2.74 bits per heavy atom. The van der Waals surface area contributed by atoms with Gasteiger partial charge in [-0.1, -0.05) is 12.8 Å². The van der Waals surface area contributed by atoms with Crippen molar-refractivity contribution in [2.45, 2.75) is 71.1 Å². The topological polar surface area (TPSA) is 75.9 Å². The Hall–Kier alpha value is -2.28. The molecule has 1 N–H and O–H groups in total. The number of hydrogen-bond donors (Lipinski definition) is 1. The summed E-state index contributed by atoms with van der Waals surface area (Å²) < 4.78 is 2.23. The van der Waals surface area contributed by atoms with Crippen molar-refractivity contribution in [1.29, 1.82) is 0 Å². The van der Waals surface area contributed by atoms with Gasteiger partial charge in [-0.25, -0.2) is 4.98 Å². The van der Waals surface area contributed by atoms with Gasteiger partial charge in [0, 0.05) is 31.5 Å². The lowest BCUT2D eigenvalue weighted by molar-refractivity contribution is -0.120. The summed E-state index contributed by atoms with van der Waals surface area (Å²) in [5.74, 6) is 1.06. The number of nitrogens with zero attached hydrogens (tertiary/aromatic N) is 5. The largest absolute Gasteiger partial charge is 0.350 e. The van der Waals surface area contributed by atoms with Crippen LogP contribution in [0.2, 0.25) is 0 Å². The first-order chi connectivity index (χ1) is 13.1. The van der Waals surface area contributed by atoms with Gasteiger partial charge in [-0.05, 0) is 26.7 Å². The molecule has 0 unspecified atom stereocenters. The number of hydrogen-bond acceptors (Lipinski definition) is 5. The van der Waals surface area contributed by atoms with Crippen molar-refractivity contribution >= 4 is 5.91 Å². The van der Waals surface area contributed by atoms with Crippen molar-refractivity contribution in [2.24, 2.45) is 0 Å². The quantitative estimate of drug-likeness (QED) is 0.875. The van der Waals surface area contributed by atoms with Crippen LogP contribution in [0.1, 0.15) is 61.6 Å². The van der Waals surface area contributed by atoms with E-state index in [9.17, 15) is 4.79 Å². The number of amides is 1. The van der Waals surface area contributed by atoms with Gasteiger partial charge in [-0.3, -0.25) is 19.7 Å². The molecular formula is C20H28N6O. The number of imidazole rings is 1. The van der Waals surface area contributed by atoms with Crippen LogP contribution in [0.3, 0.4) is 0 Å². The Kier molecular flexibility index (Phi) is 5.20. The van der Waals surface area contributed by atoms with Crippen LogP contribution in [0.15, 0.2) is 18.6 Å². The fraction of sp³-hybridized carbons (Fsp3) is 0.600. The van der Waals surface area contributed by atoms with E-state index in [2.05, 4.69) is 31.7 Å². The molecule has 4 rings (SSSR count). The minimum Gasteiger partial charge on any atom is -0.350 e. The highest BCUT2D eigenvalue weighted by atomic mass is 16.1. The predicted molar refractivity (Wildman–Crippen MR) is 102 cm³/mol. The van der Waals surface area contributed by atoms with E-state index in [4.69, 9.17) is 4.98 Å². The molecule has 1 atom stereocenters. The number of carbonyl (C=O) groups excluding carboxylic acids is 1. The summed E-state index contributed by atoms with van der Waals surface area (Å²) in [4.78, 5) is 28.2. The maximum atomic E-state index is 12.3. The van der Waals surface area contributed by atoms with Crippen molar-refractivity contribution in [1.82, 2.24) is 29.7 Å². The molecule has 27 heavy (non-hydrogen) atoms. The van der Waals surface area contributed by atoms with Crippen LogP contribution in [0.25, 0.3) is 0 Å². The third-order valence-electron chi connectivity index (χ3n) is 5.76. The lowest BCUT2D eigenvalue weighted by Crippen LogP contribution is -2.42. The fourth-order valence-corrected chi connectivity index (χ4v) is 4.31. The van der Waals surface area contributed by atoms with Crippen LogP contribution in [0, 0.1) is 6.92 Å². The van der Waals surface area contributed by atoms with E-state index in [-0.39, 0.29) is 5.91 Å². The Labute approximate surface area is 160 Å². The number of fused-ring (bicyclic) bond motifs is 1. The maximum Gasteiger partial charge on any atom is 0.226 e. The third-order valence-corrected chi connectivity index (χ3v) is 5.76. The Balaban J connectivity index is 1.36. The summed E-state index contributed by atoms with van der Waals surface area (Å²) in [5, 5.41) is 2.91. The number of rotatable bonds is 5. The van der Waals surface area contributed by atoms with E-state index in [0.717, 1.165) is 36.0 Å². The number of nitrogens with one attached hydrogen (secondary N) is 1. The second-order valence-electron chi connectivity index (χ2n) is 7.74. The van der Waals surface area contributed by atoms with Crippen molar-refractivity contribution in [3.8, 4) is 0 Å². The molecule has 7 heteroatoms. The van der Waals surface area contributed by atoms with Crippen molar-refractivity contribution in [3.05, 3.63) is 41.5 Å². The van der Waals surface area contributed by atoms with Crippen LogP contribution < -0.4 is 5.32 Å². The summed E-state index contributed by atoms with van der Waals surface area (Å²) in [6.45, 7) is 6.57. The fourth-order valence-electron chi connectivity index (χ4n) is 4.31. The van der Waals surface area contributed by atoms with Gasteiger partial charge in [0.25, 0.3) is 0 Å². The first-order valence-corrected chi connectivity index (χ1v) is 9.96. The molecule has 7 nitrogen and oxygen atoms in total. The molecule has 2 aliphatic rings. The van der Waals surface area contributed by atoms with E-state index in [0.29, 0.717) is 25.0 Å². The monoisotopic (exact) mass is 368 g/mol. The molecule has 0 bridgehead atoms. The van der Waals surface area contributed by atoms with Crippen LogP contribution in [-0.2, 0) is 24.3 Å². The zero-order chi connectivity index (χ0) is 18.8. The molecule has 0 saturated heterocycles. The summed E-state index contributed by atoms with van der Waals surface area (Å²) in [5.41, 5.74) is 2.48. The normalized spacial score (nSPS) is 20.6. The van der Waals surface area contributed by atoms with Gasteiger partial charge in [0.05, 0.1) is 42.3 Å². The van der Waals surface area contributed by atoms with Crippen LogP contribution in [-0.4, -0.2) is 42.9 Å². The smallest absolute Gasteiger partial charge is 0.226 e. The van der Waals surface area contributed by atoms with Gasteiger partial charge in [0.1, 0.15) is 5.82 Å². The molecule has 1 aliphatic carbocycles.